The van der Waals surface area contributed by atoms with Crippen LogP contribution in [0.4, 0.5) is 0 Å². The minimum Gasteiger partial charge on any atom is -0.361 e. The first-order valence-electron chi connectivity index (χ1n) is 5.65. The first kappa shape index (κ1) is 11.5. The lowest BCUT2D eigenvalue weighted by Crippen LogP contribution is -2.25. The van der Waals surface area contributed by atoms with Crippen LogP contribution in [-0.2, 0) is 6.54 Å². The van der Waals surface area contributed by atoms with Gasteiger partial charge >= 0.3 is 0 Å². The van der Waals surface area contributed by atoms with E-state index in [1.165, 1.54) is 16.5 Å². The lowest BCUT2D eigenvalue weighted by Gasteiger charge is -2.12. The van der Waals surface area contributed by atoms with Crippen molar-refractivity contribution in [3.05, 3.63) is 36.0 Å². The Kier molecular flexibility index (Phi) is 3.86. The molecule has 0 saturated heterocycles. The molecule has 16 heavy (non-hydrogen) atoms. The van der Waals surface area contributed by atoms with Crippen molar-refractivity contribution in [2.24, 2.45) is 0 Å². The highest BCUT2D eigenvalue weighted by Crippen LogP contribution is 2.17. The van der Waals surface area contributed by atoms with Crippen LogP contribution >= 0.6 is 11.6 Å². The third-order valence-corrected chi connectivity index (χ3v) is 3.09. The van der Waals surface area contributed by atoms with Crippen LogP contribution in [0.3, 0.4) is 0 Å². The van der Waals surface area contributed by atoms with Gasteiger partial charge in [0.1, 0.15) is 0 Å². The van der Waals surface area contributed by atoms with E-state index in [1.807, 2.05) is 6.20 Å². The molecular weight excluding hydrogens is 220 g/mol. The molecule has 0 bridgehead atoms. The Morgan fingerprint density at radius 1 is 1.38 bits per heavy atom. The van der Waals surface area contributed by atoms with Gasteiger partial charge < -0.3 is 10.3 Å². The molecule has 0 spiro atoms. The molecule has 0 aliphatic rings. The minimum atomic E-state index is 0.465. The van der Waals surface area contributed by atoms with Crippen molar-refractivity contribution in [1.29, 1.82) is 0 Å². The summed E-state index contributed by atoms with van der Waals surface area (Å²) in [4.78, 5) is 3.22. The normalized spacial score (nSPS) is 13.1. The Bertz CT molecular complexity index is 450. The molecular formula is C13H17ClN2. The summed E-state index contributed by atoms with van der Waals surface area (Å²) in [7, 11) is 0. The van der Waals surface area contributed by atoms with Crippen LogP contribution in [0, 0.1) is 0 Å². The number of hydrogen-bond donors (Lipinski definition) is 2. The van der Waals surface area contributed by atoms with E-state index < -0.39 is 0 Å². The van der Waals surface area contributed by atoms with Gasteiger partial charge in [0, 0.05) is 35.6 Å². The molecule has 2 aromatic rings. The van der Waals surface area contributed by atoms with Crippen molar-refractivity contribution >= 4 is 22.5 Å². The summed E-state index contributed by atoms with van der Waals surface area (Å²) in [6.07, 6.45) is 2.99. The van der Waals surface area contributed by atoms with Crippen molar-refractivity contribution in [2.45, 2.75) is 25.9 Å². The van der Waals surface area contributed by atoms with Crippen molar-refractivity contribution in [3.63, 3.8) is 0 Å². The van der Waals surface area contributed by atoms with Crippen LogP contribution < -0.4 is 5.32 Å². The zero-order chi connectivity index (χ0) is 11.4. The molecule has 0 saturated carbocycles. The van der Waals surface area contributed by atoms with Crippen LogP contribution in [-0.4, -0.2) is 16.9 Å². The van der Waals surface area contributed by atoms with E-state index in [2.05, 4.69) is 41.5 Å². The van der Waals surface area contributed by atoms with Gasteiger partial charge in [-0.1, -0.05) is 12.1 Å². The number of aromatic nitrogens is 1. The van der Waals surface area contributed by atoms with E-state index in [-0.39, 0.29) is 0 Å². The molecule has 1 aromatic heterocycles. The Balaban J connectivity index is 2.06. The van der Waals surface area contributed by atoms with Gasteiger partial charge in [-0.25, -0.2) is 0 Å². The van der Waals surface area contributed by atoms with Crippen LogP contribution in [0.25, 0.3) is 10.9 Å². The highest BCUT2D eigenvalue weighted by Gasteiger charge is 2.03. The van der Waals surface area contributed by atoms with Crippen molar-refractivity contribution in [3.8, 4) is 0 Å². The first-order valence-corrected chi connectivity index (χ1v) is 6.19. The lowest BCUT2D eigenvalue weighted by molar-refractivity contribution is 0.537. The molecule has 0 radical (unpaired) electrons. The molecule has 0 fully saturated rings. The predicted molar refractivity (Wildman–Crippen MR) is 69.9 cm³/mol. The number of nitrogens with one attached hydrogen (secondary N) is 2. The van der Waals surface area contributed by atoms with Gasteiger partial charge in [-0.05, 0) is 31.0 Å². The number of rotatable bonds is 5. The average molecular weight is 237 g/mol. The summed E-state index contributed by atoms with van der Waals surface area (Å²) in [6.45, 7) is 3.06. The van der Waals surface area contributed by atoms with E-state index in [4.69, 9.17) is 11.6 Å². The van der Waals surface area contributed by atoms with Gasteiger partial charge in [0.15, 0.2) is 0 Å². The molecule has 2 N–H and O–H groups in total. The Morgan fingerprint density at radius 2 is 2.25 bits per heavy atom. The zero-order valence-electron chi connectivity index (χ0n) is 9.46. The summed E-state index contributed by atoms with van der Waals surface area (Å²) in [6, 6.07) is 8.94. The topological polar surface area (TPSA) is 27.8 Å². The van der Waals surface area contributed by atoms with Gasteiger partial charge in [-0.2, -0.15) is 0 Å². The monoisotopic (exact) mass is 236 g/mol. The summed E-state index contributed by atoms with van der Waals surface area (Å²) >= 11 is 5.71. The number of benzene rings is 1. The number of H-pyrrole nitrogens is 1. The zero-order valence-corrected chi connectivity index (χ0v) is 10.2. The summed E-state index contributed by atoms with van der Waals surface area (Å²) in [5, 5.41) is 4.78. The molecule has 3 heteroatoms. The number of aromatic amines is 1. The van der Waals surface area contributed by atoms with Crippen molar-refractivity contribution < 1.29 is 0 Å². The highest BCUT2D eigenvalue weighted by atomic mass is 35.5. The number of halogens is 1. The van der Waals surface area contributed by atoms with Crippen LogP contribution in [0.1, 0.15) is 18.9 Å². The lowest BCUT2D eigenvalue weighted by atomic mass is 10.1. The second-order valence-corrected chi connectivity index (χ2v) is 4.49. The van der Waals surface area contributed by atoms with Gasteiger partial charge in [0.2, 0.25) is 0 Å². The largest absolute Gasteiger partial charge is 0.361 e. The molecule has 0 aliphatic carbocycles. The fraction of sp³-hybridized carbons (Fsp3) is 0.385. The van der Waals surface area contributed by atoms with E-state index in [0.717, 1.165) is 13.0 Å². The smallest absolute Gasteiger partial charge is 0.0457 e. The number of alkyl halides is 1. The first-order chi connectivity index (χ1) is 7.81. The molecule has 86 valence electrons. The molecule has 1 heterocycles. The fourth-order valence-corrected chi connectivity index (χ4v) is 2.18. The van der Waals surface area contributed by atoms with E-state index in [0.29, 0.717) is 11.9 Å². The number of fused-ring (bicyclic) bond motifs is 1. The Morgan fingerprint density at radius 3 is 3.06 bits per heavy atom. The highest BCUT2D eigenvalue weighted by molar-refractivity contribution is 6.17. The third-order valence-electron chi connectivity index (χ3n) is 2.87. The summed E-state index contributed by atoms with van der Waals surface area (Å²) in [5.74, 6) is 0.711. The maximum Gasteiger partial charge on any atom is 0.0457 e. The molecule has 2 rings (SSSR count). The molecule has 0 unspecified atom stereocenters. The second-order valence-electron chi connectivity index (χ2n) is 4.12. The van der Waals surface area contributed by atoms with Gasteiger partial charge in [-0.15, -0.1) is 11.6 Å². The minimum absolute atomic E-state index is 0.465. The summed E-state index contributed by atoms with van der Waals surface area (Å²) in [5.41, 5.74) is 2.53. The maximum absolute atomic E-state index is 5.71. The van der Waals surface area contributed by atoms with Gasteiger partial charge in [-0.3, -0.25) is 0 Å². The second kappa shape index (κ2) is 5.37. The molecule has 1 atom stereocenters. The van der Waals surface area contributed by atoms with Crippen LogP contribution in [0.15, 0.2) is 30.5 Å². The molecule has 0 aliphatic heterocycles. The van der Waals surface area contributed by atoms with Crippen molar-refractivity contribution in [2.75, 3.05) is 5.88 Å². The standard InChI is InChI=1S/C13H17ClN2/c1-10(5-7-14)16-9-11-3-2-4-13-12(11)6-8-15-13/h2-4,6,8,10,15-16H,5,7,9H2,1H3/t10-/m0/s1. The summed E-state index contributed by atoms with van der Waals surface area (Å²) < 4.78 is 0. The predicted octanol–water partition coefficient (Wildman–Crippen LogP) is 3.27. The Hall–Kier alpha value is -0.990. The van der Waals surface area contributed by atoms with Crippen molar-refractivity contribution in [1.82, 2.24) is 10.3 Å². The Labute approximate surface area is 101 Å². The maximum atomic E-state index is 5.71. The average Bonchev–Trinajstić information content (AvgIpc) is 2.75. The number of hydrogen-bond acceptors (Lipinski definition) is 1. The quantitative estimate of drug-likeness (QED) is 0.767. The van der Waals surface area contributed by atoms with Crippen LogP contribution in [0.5, 0.6) is 0 Å². The van der Waals surface area contributed by atoms with E-state index in [9.17, 15) is 0 Å². The third kappa shape index (κ3) is 2.57. The molecule has 1 aromatic carbocycles. The van der Waals surface area contributed by atoms with Crippen LogP contribution in [0.2, 0.25) is 0 Å². The van der Waals surface area contributed by atoms with Gasteiger partial charge in [0.25, 0.3) is 0 Å². The fourth-order valence-electron chi connectivity index (χ4n) is 1.85. The van der Waals surface area contributed by atoms with E-state index >= 15 is 0 Å². The van der Waals surface area contributed by atoms with E-state index in [1.54, 1.807) is 0 Å². The van der Waals surface area contributed by atoms with Gasteiger partial charge in [0.05, 0.1) is 0 Å². The molecule has 2 nitrogen and oxygen atoms in total. The molecule has 0 amide bonds. The SMILES string of the molecule is C[C@@H](CCCl)NCc1cccc2[nH]ccc12.